The van der Waals surface area contributed by atoms with Crippen molar-refractivity contribution in [1.82, 2.24) is 5.32 Å². The first kappa shape index (κ1) is 27.8. The Morgan fingerprint density at radius 3 is 1.00 bits per heavy atom. The molecular weight excluding hydrogens is 469 g/mol. The first-order chi connectivity index (χ1) is 12.3. The Labute approximate surface area is 149 Å². The third-order valence-corrected chi connectivity index (χ3v) is 3.48. The predicted molar refractivity (Wildman–Crippen MR) is 59.2 cm³/mol. The van der Waals surface area contributed by atoms with Crippen LogP contribution in [0.25, 0.3) is 0 Å². The Kier molecular flexibility index (Phi) is 6.87. The van der Waals surface area contributed by atoms with Gasteiger partial charge in [-0.2, -0.15) is 74.6 Å². The third kappa shape index (κ3) is 3.68. The summed E-state index contributed by atoms with van der Waals surface area (Å²) in [5.74, 6) is -55.8. The van der Waals surface area contributed by atoms with Crippen LogP contribution in [0.3, 0.4) is 0 Å². The highest BCUT2D eigenvalue weighted by molar-refractivity contribution is 5.15. The molecule has 0 unspecified atom stereocenters. The van der Waals surface area contributed by atoms with E-state index in [1.807, 2.05) is 0 Å². The van der Waals surface area contributed by atoms with Crippen LogP contribution in [0.4, 0.5) is 74.6 Å². The molecule has 0 saturated carbocycles. The lowest BCUT2D eigenvalue weighted by molar-refractivity contribution is -0.461. The van der Waals surface area contributed by atoms with Crippen molar-refractivity contribution >= 4 is 0 Å². The molecule has 0 radical (unpaired) electrons. The zero-order valence-electron chi connectivity index (χ0n) is 13.3. The summed E-state index contributed by atoms with van der Waals surface area (Å²) in [6.07, 6.45) is -10.2. The molecule has 0 atom stereocenters. The molecule has 0 fully saturated rings. The lowest BCUT2D eigenvalue weighted by atomic mass is 9.88. The van der Waals surface area contributed by atoms with E-state index in [0.29, 0.717) is 0 Å². The fraction of sp³-hybridized carbons (Fsp3) is 1.00. The maximum atomic E-state index is 13.3. The van der Waals surface area contributed by atoms with Crippen molar-refractivity contribution in [3.8, 4) is 0 Å². The Bertz CT molecular complexity index is 574. The molecule has 1 N–H and O–H groups in total. The largest absolute Gasteiger partial charge is 0.460 e. The molecule has 0 amide bonds. The van der Waals surface area contributed by atoms with Crippen molar-refractivity contribution in [2.45, 2.75) is 54.1 Å². The molecule has 0 aromatic carbocycles. The van der Waals surface area contributed by atoms with Gasteiger partial charge in [-0.05, 0) is 7.05 Å². The van der Waals surface area contributed by atoms with E-state index in [1.165, 1.54) is 0 Å². The van der Waals surface area contributed by atoms with Gasteiger partial charge in [0, 0.05) is 13.0 Å². The summed E-state index contributed by atoms with van der Waals surface area (Å²) in [4.78, 5) is 0. The second kappa shape index (κ2) is 7.18. The van der Waals surface area contributed by atoms with Crippen molar-refractivity contribution in [3.05, 3.63) is 0 Å². The summed E-state index contributed by atoms with van der Waals surface area (Å²) in [5.41, 5.74) is 0. The fourth-order valence-corrected chi connectivity index (χ4v) is 1.64. The lowest BCUT2D eigenvalue weighted by Crippen LogP contribution is -2.74. The van der Waals surface area contributed by atoms with E-state index in [4.69, 9.17) is 0 Å². The van der Waals surface area contributed by atoms with E-state index in [9.17, 15) is 74.6 Å². The van der Waals surface area contributed by atoms with Gasteiger partial charge in [0.05, 0.1) is 0 Å². The van der Waals surface area contributed by atoms with Crippen LogP contribution in [0, 0.1) is 0 Å². The van der Waals surface area contributed by atoms with E-state index in [-0.39, 0.29) is 0 Å². The molecule has 0 aliphatic heterocycles. The van der Waals surface area contributed by atoms with Crippen LogP contribution in [0.15, 0.2) is 0 Å². The minimum atomic E-state index is -8.58. The molecule has 0 heterocycles. The fourth-order valence-electron chi connectivity index (χ4n) is 1.64. The summed E-state index contributed by atoms with van der Waals surface area (Å²) < 4.78 is 218. The van der Waals surface area contributed by atoms with Crippen molar-refractivity contribution in [3.63, 3.8) is 0 Å². The van der Waals surface area contributed by atoms with Gasteiger partial charge in [0.2, 0.25) is 0 Å². The van der Waals surface area contributed by atoms with Crippen molar-refractivity contribution < 1.29 is 74.6 Å². The molecule has 29 heavy (non-hydrogen) atoms. The van der Waals surface area contributed by atoms with Crippen molar-refractivity contribution in [1.29, 1.82) is 0 Å². The standard InChI is InChI=1S/C11H8F17N/c1-29-3-2-4(12,13)5(14,15)6(16,17)7(18,19)8(20,21)9(22,23)10(24,25)11(26,27)28/h29H,2-3H2,1H3. The van der Waals surface area contributed by atoms with E-state index >= 15 is 0 Å². The number of rotatable bonds is 9. The molecule has 0 saturated heterocycles. The Hall–Kier alpha value is -1.23. The van der Waals surface area contributed by atoms with Crippen molar-refractivity contribution in [2.24, 2.45) is 0 Å². The van der Waals surface area contributed by atoms with E-state index in [2.05, 4.69) is 0 Å². The first-order valence-corrected chi connectivity index (χ1v) is 6.67. The number of halogens is 17. The van der Waals surface area contributed by atoms with Crippen LogP contribution in [-0.4, -0.2) is 61.2 Å². The summed E-state index contributed by atoms with van der Waals surface area (Å²) in [6.45, 7) is -1.34. The van der Waals surface area contributed by atoms with E-state index < -0.39 is 60.6 Å². The first-order valence-electron chi connectivity index (χ1n) is 6.67. The van der Waals surface area contributed by atoms with Gasteiger partial charge in [-0.25, -0.2) is 0 Å². The molecule has 0 aliphatic carbocycles. The van der Waals surface area contributed by atoms with Crippen LogP contribution < -0.4 is 5.32 Å². The minimum absolute atomic E-state index is 0.745. The number of hydrogen-bond donors (Lipinski definition) is 1. The van der Waals surface area contributed by atoms with Gasteiger partial charge in [0.1, 0.15) is 0 Å². The lowest BCUT2D eigenvalue weighted by Gasteiger charge is -2.42. The number of alkyl halides is 17. The Morgan fingerprint density at radius 1 is 0.448 bits per heavy atom. The zero-order chi connectivity index (χ0) is 24.1. The minimum Gasteiger partial charge on any atom is -0.320 e. The molecule has 0 spiro atoms. The molecular formula is C11H8F17N. The SMILES string of the molecule is CNCCC(F)(F)C(F)(F)C(F)(F)C(F)(F)C(F)(F)C(F)(F)C(F)(F)C(F)(F)F. The molecule has 176 valence electrons. The van der Waals surface area contributed by atoms with Gasteiger partial charge < -0.3 is 5.32 Å². The monoisotopic (exact) mass is 477 g/mol. The highest BCUT2D eigenvalue weighted by Gasteiger charge is 2.95. The second-order valence-electron chi connectivity index (χ2n) is 5.50. The predicted octanol–water partition coefficient (Wildman–Crippen LogP) is 5.61. The highest BCUT2D eigenvalue weighted by atomic mass is 19.4. The average molecular weight is 477 g/mol. The average Bonchev–Trinajstić information content (AvgIpc) is 2.50. The molecule has 0 aliphatic rings. The van der Waals surface area contributed by atoms with E-state index in [1.54, 1.807) is 5.32 Å². The van der Waals surface area contributed by atoms with Gasteiger partial charge in [-0.15, -0.1) is 0 Å². The van der Waals surface area contributed by atoms with Crippen LogP contribution >= 0.6 is 0 Å². The quantitative estimate of drug-likeness (QED) is 0.427. The highest BCUT2D eigenvalue weighted by Crippen LogP contribution is 2.64. The van der Waals surface area contributed by atoms with E-state index in [0.717, 1.165) is 7.05 Å². The Balaban J connectivity index is 6.57. The van der Waals surface area contributed by atoms with Gasteiger partial charge >= 0.3 is 47.6 Å². The van der Waals surface area contributed by atoms with Crippen LogP contribution in [0.1, 0.15) is 6.42 Å². The molecule has 0 rings (SSSR count). The summed E-state index contributed by atoms with van der Waals surface area (Å²) in [6, 6.07) is 0. The second-order valence-corrected chi connectivity index (χ2v) is 5.50. The summed E-state index contributed by atoms with van der Waals surface area (Å²) in [5, 5.41) is 1.64. The van der Waals surface area contributed by atoms with Gasteiger partial charge in [0.15, 0.2) is 0 Å². The molecule has 0 bridgehead atoms. The van der Waals surface area contributed by atoms with Crippen LogP contribution in [0.5, 0.6) is 0 Å². The Morgan fingerprint density at radius 2 is 0.724 bits per heavy atom. The van der Waals surface area contributed by atoms with Gasteiger partial charge in [-0.1, -0.05) is 0 Å². The summed E-state index contributed by atoms with van der Waals surface area (Å²) >= 11 is 0. The normalized spacial score (nSPS) is 16.3. The molecule has 1 nitrogen and oxygen atoms in total. The third-order valence-electron chi connectivity index (χ3n) is 3.48. The van der Waals surface area contributed by atoms with Gasteiger partial charge in [0.25, 0.3) is 0 Å². The van der Waals surface area contributed by atoms with Gasteiger partial charge in [-0.3, -0.25) is 0 Å². The smallest absolute Gasteiger partial charge is 0.320 e. The summed E-state index contributed by atoms with van der Waals surface area (Å²) in [7, 11) is 0.745. The maximum absolute atomic E-state index is 13.3. The molecule has 0 aromatic heterocycles. The zero-order valence-corrected chi connectivity index (χ0v) is 13.3. The van der Waals surface area contributed by atoms with Crippen LogP contribution in [0.2, 0.25) is 0 Å². The number of hydrogen-bond acceptors (Lipinski definition) is 1. The number of nitrogens with one attached hydrogen (secondary N) is 1. The molecule has 18 heteroatoms. The maximum Gasteiger partial charge on any atom is 0.460 e. The van der Waals surface area contributed by atoms with Crippen LogP contribution in [-0.2, 0) is 0 Å². The molecule has 0 aromatic rings. The topological polar surface area (TPSA) is 12.0 Å². The van der Waals surface area contributed by atoms with Crippen molar-refractivity contribution in [2.75, 3.05) is 13.6 Å².